The Balaban J connectivity index is 1.50. The summed E-state index contributed by atoms with van der Waals surface area (Å²) < 4.78 is 32.5. The summed E-state index contributed by atoms with van der Waals surface area (Å²) in [4.78, 5) is 22.3. The molecular formula is C26H26F2N6O3. The number of ether oxygens (including phenoxy) is 1. The smallest absolute Gasteiger partial charge is 0.246 e. The van der Waals surface area contributed by atoms with Crippen LogP contribution in [0.3, 0.4) is 0 Å². The summed E-state index contributed by atoms with van der Waals surface area (Å²) in [5, 5.41) is 21.0. The van der Waals surface area contributed by atoms with Crippen molar-refractivity contribution in [1.29, 1.82) is 5.41 Å². The molecule has 11 heteroatoms. The van der Waals surface area contributed by atoms with E-state index in [1.54, 1.807) is 29.2 Å². The highest BCUT2D eigenvalue weighted by Crippen LogP contribution is 2.28. The van der Waals surface area contributed by atoms with E-state index >= 15 is 0 Å². The highest BCUT2D eigenvalue weighted by molar-refractivity contribution is 6.16. The predicted molar refractivity (Wildman–Crippen MR) is 135 cm³/mol. The Labute approximate surface area is 212 Å². The monoisotopic (exact) mass is 508 g/mol. The van der Waals surface area contributed by atoms with Gasteiger partial charge in [0.1, 0.15) is 29.5 Å². The number of rotatable bonds is 8. The lowest BCUT2D eigenvalue weighted by Gasteiger charge is -2.33. The molecule has 2 heterocycles. The summed E-state index contributed by atoms with van der Waals surface area (Å²) in [7, 11) is 0. The van der Waals surface area contributed by atoms with Crippen LogP contribution in [-0.4, -0.2) is 57.3 Å². The average Bonchev–Trinajstić information content (AvgIpc) is 2.89. The summed E-state index contributed by atoms with van der Waals surface area (Å²) in [5.74, 6) is -1.04. The summed E-state index contributed by atoms with van der Waals surface area (Å²) >= 11 is 0. The number of nitrogens with one attached hydrogen (secondary N) is 2. The van der Waals surface area contributed by atoms with Gasteiger partial charge in [-0.2, -0.15) is 0 Å². The van der Waals surface area contributed by atoms with Crippen LogP contribution in [0.2, 0.25) is 0 Å². The fourth-order valence-electron chi connectivity index (χ4n) is 4.02. The van der Waals surface area contributed by atoms with E-state index in [2.05, 4.69) is 15.3 Å². The van der Waals surface area contributed by atoms with Crippen molar-refractivity contribution in [3.05, 3.63) is 83.7 Å². The fourth-order valence-corrected chi connectivity index (χ4v) is 4.02. The zero-order valence-electron chi connectivity index (χ0n) is 19.8. The highest BCUT2D eigenvalue weighted by Gasteiger charge is 2.25. The average molecular weight is 509 g/mol. The van der Waals surface area contributed by atoms with Crippen molar-refractivity contribution in [2.75, 3.05) is 30.7 Å². The molecule has 1 saturated heterocycles. The maximum Gasteiger partial charge on any atom is 0.246 e. The Hall–Kier alpha value is -4.38. The number of hydrogen-bond acceptors (Lipinski definition) is 8. The van der Waals surface area contributed by atoms with Crippen LogP contribution in [0.4, 0.5) is 20.4 Å². The lowest BCUT2D eigenvalue weighted by atomic mass is 10.0. The predicted octanol–water partition coefficient (Wildman–Crippen LogP) is 3.50. The number of nitrogen functional groups attached to an aromatic ring is 1. The number of hydrogen-bond donors (Lipinski definition) is 4. The second-order valence-corrected chi connectivity index (χ2v) is 8.41. The Kier molecular flexibility index (Phi) is 8.04. The third kappa shape index (κ3) is 6.25. The molecular weight excluding hydrogens is 482 g/mol. The van der Waals surface area contributed by atoms with Crippen molar-refractivity contribution < 1.29 is 23.4 Å². The molecule has 9 nitrogen and oxygen atoms in total. The first-order chi connectivity index (χ1) is 17.9. The minimum atomic E-state index is -0.825. The van der Waals surface area contributed by atoms with E-state index in [1.165, 1.54) is 24.5 Å². The van der Waals surface area contributed by atoms with Gasteiger partial charge >= 0.3 is 0 Å². The van der Waals surface area contributed by atoms with Gasteiger partial charge in [0, 0.05) is 36.8 Å². The van der Waals surface area contributed by atoms with Gasteiger partial charge in [-0.05, 0) is 49.2 Å². The number of carbonyl (C=O) groups excluding carboxylic acids is 1. The van der Waals surface area contributed by atoms with Gasteiger partial charge in [-0.15, -0.1) is 0 Å². The van der Waals surface area contributed by atoms with Crippen molar-refractivity contribution in [2.24, 2.45) is 0 Å². The molecule has 0 saturated carbocycles. The van der Waals surface area contributed by atoms with Crippen molar-refractivity contribution in [3.63, 3.8) is 0 Å². The lowest BCUT2D eigenvalue weighted by Crippen LogP contribution is -2.44. The van der Waals surface area contributed by atoms with E-state index in [1.807, 2.05) is 0 Å². The molecule has 1 aliphatic rings. The summed E-state index contributed by atoms with van der Waals surface area (Å²) in [5.41, 5.74) is 7.00. The second kappa shape index (κ2) is 11.6. The molecule has 0 bridgehead atoms. The van der Waals surface area contributed by atoms with E-state index in [4.69, 9.17) is 21.0 Å². The number of likely N-dealkylation sites (tertiary alicyclic amines) is 1. The molecule has 4 rings (SSSR count). The number of aromatic nitrogens is 2. The molecule has 3 aromatic rings. The van der Waals surface area contributed by atoms with Gasteiger partial charge in [0.2, 0.25) is 5.91 Å². The number of aliphatic hydroxyl groups is 1. The van der Waals surface area contributed by atoms with E-state index in [0.717, 1.165) is 25.0 Å². The van der Waals surface area contributed by atoms with Crippen LogP contribution in [0.1, 0.15) is 24.0 Å². The molecule has 37 heavy (non-hydrogen) atoms. The number of benzene rings is 2. The van der Waals surface area contributed by atoms with E-state index in [-0.39, 0.29) is 35.8 Å². The number of aliphatic hydroxyl groups excluding tert-OH is 1. The molecule has 2 aromatic carbocycles. The van der Waals surface area contributed by atoms with Gasteiger partial charge in [-0.25, -0.2) is 18.7 Å². The van der Waals surface area contributed by atoms with E-state index in [9.17, 15) is 13.6 Å². The maximum atomic E-state index is 13.9. The number of anilines is 2. The molecule has 1 atom stereocenters. The summed E-state index contributed by atoms with van der Waals surface area (Å²) in [6.07, 6.45) is 5.62. The van der Waals surface area contributed by atoms with Gasteiger partial charge in [0.25, 0.3) is 0 Å². The summed E-state index contributed by atoms with van der Waals surface area (Å²) in [6, 6.07) is 9.26. The molecule has 1 fully saturated rings. The number of carbonyl (C=O) groups is 1. The first-order valence-electron chi connectivity index (χ1n) is 11.6. The lowest BCUT2D eigenvalue weighted by molar-refractivity contribution is -0.127. The first-order valence-corrected chi connectivity index (χ1v) is 11.6. The largest absolute Gasteiger partial charge is 0.454 e. The molecule has 0 aliphatic carbocycles. The normalized spacial score (nSPS) is 15.5. The molecule has 1 unspecified atom stereocenters. The number of nitrogens with zero attached hydrogens (tertiary/aromatic N) is 3. The topological polar surface area (TPSA) is 137 Å². The van der Waals surface area contributed by atoms with Crippen LogP contribution in [0, 0.1) is 17.0 Å². The van der Waals surface area contributed by atoms with Crippen LogP contribution in [0.5, 0.6) is 11.5 Å². The second-order valence-electron chi connectivity index (χ2n) is 8.41. The van der Waals surface area contributed by atoms with Gasteiger partial charge in [0.15, 0.2) is 11.6 Å². The van der Waals surface area contributed by atoms with Crippen molar-refractivity contribution in [3.8, 4) is 11.5 Å². The van der Waals surface area contributed by atoms with Crippen molar-refractivity contribution >= 4 is 23.3 Å². The Morgan fingerprint density at radius 1 is 1.24 bits per heavy atom. The van der Waals surface area contributed by atoms with E-state index < -0.39 is 11.6 Å². The van der Waals surface area contributed by atoms with Gasteiger partial charge in [-0.3, -0.25) is 10.2 Å². The van der Waals surface area contributed by atoms with Gasteiger partial charge in [0.05, 0.1) is 17.9 Å². The number of halogens is 2. The zero-order valence-corrected chi connectivity index (χ0v) is 19.8. The SMILES string of the molecule is N=C(c1ccc(Oc2ccc(F)cc2F)cc1)c1c(N)ncnc1NC1CCCN(C(=O)/C=C/CO)C1. The first kappa shape index (κ1) is 25.7. The van der Waals surface area contributed by atoms with Crippen molar-refractivity contribution in [1.82, 2.24) is 14.9 Å². The van der Waals surface area contributed by atoms with Crippen LogP contribution in [0.25, 0.3) is 0 Å². The minimum Gasteiger partial charge on any atom is -0.454 e. The van der Waals surface area contributed by atoms with Crippen LogP contribution >= 0.6 is 0 Å². The Morgan fingerprint density at radius 2 is 2.03 bits per heavy atom. The number of amides is 1. The van der Waals surface area contributed by atoms with Gasteiger partial charge < -0.3 is 25.8 Å². The van der Waals surface area contributed by atoms with E-state index in [0.29, 0.717) is 35.8 Å². The van der Waals surface area contributed by atoms with Crippen molar-refractivity contribution in [2.45, 2.75) is 18.9 Å². The highest BCUT2D eigenvalue weighted by atomic mass is 19.1. The quantitative estimate of drug-likeness (QED) is 0.270. The summed E-state index contributed by atoms with van der Waals surface area (Å²) in [6.45, 7) is 0.831. The Morgan fingerprint density at radius 3 is 2.76 bits per heavy atom. The van der Waals surface area contributed by atoms with Crippen LogP contribution in [0.15, 0.2) is 60.9 Å². The van der Waals surface area contributed by atoms with Crippen LogP contribution < -0.4 is 15.8 Å². The molecule has 1 aliphatic heterocycles. The molecule has 1 amide bonds. The number of nitrogens with two attached hydrogens (primary N) is 1. The molecule has 1 aromatic heterocycles. The molecule has 0 radical (unpaired) electrons. The molecule has 5 N–H and O–H groups in total. The Bertz CT molecular complexity index is 1320. The van der Waals surface area contributed by atoms with Gasteiger partial charge in [-0.1, -0.05) is 6.08 Å². The fraction of sp³-hybridized carbons (Fsp3) is 0.231. The number of piperidine rings is 1. The minimum absolute atomic E-state index is 0.0646. The van der Waals surface area contributed by atoms with Crippen LogP contribution in [-0.2, 0) is 4.79 Å². The third-order valence-corrected chi connectivity index (χ3v) is 5.83. The molecule has 0 spiro atoms. The standard InChI is InChI=1S/C26H26F2N6O3/c27-17-7-10-21(20(28)13-17)37-19-8-5-16(6-9-19)24(29)23-25(30)31-15-32-26(23)33-18-3-1-11-34(14-18)22(36)4-2-12-35/h2,4-10,13,15,18,29,35H,1,3,11-12,14H2,(H3,30,31,32,33)/b4-2+,29-24?. The molecule has 192 valence electrons. The maximum absolute atomic E-state index is 13.9. The third-order valence-electron chi connectivity index (χ3n) is 5.83. The zero-order chi connectivity index (χ0) is 26.4.